The lowest BCUT2D eigenvalue weighted by Gasteiger charge is -2.13. The summed E-state index contributed by atoms with van der Waals surface area (Å²) in [6.45, 7) is 4.04. The van der Waals surface area contributed by atoms with E-state index in [0.29, 0.717) is 15.9 Å². The summed E-state index contributed by atoms with van der Waals surface area (Å²) in [6, 6.07) is 0. The van der Waals surface area contributed by atoms with Crippen LogP contribution < -0.4 is 5.32 Å². The van der Waals surface area contributed by atoms with Gasteiger partial charge in [0.15, 0.2) is 5.15 Å². The zero-order valence-electron chi connectivity index (χ0n) is 9.69. The van der Waals surface area contributed by atoms with Crippen molar-refractivity contribution in [2.24, 2.45) is 12.5 Å². The highest BCUT2D eigenvalue weighted by Crippen LogP contribution is 2.47. The van der Waals surface area contributed by atoms with Crippen molar-refractivity contribution < 1.29 is 0 Å². The quantitative estimate of drug-likeness (QED) is 0.884. The average molecular weight is 262 g/mol. The van der Waals surface area contributed by atoms with Gasteiger partial charge in [0, 0.05) is 20.1 Å². The molecule has 0 aliphatic heterocycles. The molecule has 90 valence electrons. The van der Waals surface area contributed by atoms with Crippen molar-refractivity contribution >= 4 is 23.2 Å². The van der Waals surface area contributed by atoms with Crippen LogP contribution in [0.2, 0.25) is 10.4 Å². The number of nitrogens with one attached hydrogen (secondary N) is 1. The zero-order valence-corrected chi connectivity index (χ0v) is 11.2. The van der Waals surface area contributed by atoms with Gasteiger partial charge >= 0.3 is 0 Å². The van der Waals surface area contributed by atoms with Crippen molar-refractivity contribution in [3.63, 3.8) is 0 Å². The number of halogens is 2. The minimum absolute atomic E-state index is 0.443. The first-order valence-corrected chi connectivity index (χ1v) is 6.41. The molecule has 0 unspecified atom stereocenters. The van der Waals surface area contributed by atoms with Gasteiger partial charge in [-0.2, -0.15) is 0 Å². The summed E-state index contributed by atoms with van der Waals surface area (Å²) in [4.78, 5) is 4.02. The number of hydrogen-bond acceptors (Lipinski definition) is 2. The van der Waals surface area contributed by atoms with Crippen molar-refractivity contribution in [3.05, 3.63) is 16.1 Å². The smallest absolute Gasteiger partial charge is 0.204 e. The fourth-order valence-electron chi connectivity index (χ4n) is 1.94. The van der Waals surface area contributed by atoms with Gasteiger partial charge in [0.1, 0.15) is 0 Å². The molecule has 1 aliphatic carbocycles. The van der Waals surface area contributed by atoms with Gasteiger partial charge in [0.05, 0.1) is 5.69 Å². The normalized spacial score (nSPS) is 17.8. The van der Waals surface area contributed by atoms with Crippen LogP contribution in [0.1, 0.15) is 31.9 Å². The van der Waals surface area contributed by atoms with E-state index >= 15 is 0 Å². The van der Waals surface area contributed by atoms with Gasteiger partial charge in [-0.3, -0.25) is 0 Å². The Morgan fingerprint density at radius 1 is 1.44 bits per heavy atom. The third-order valence-electron chi connectivity index (χ3n) is 3.61. The summed E-state index contributed by atoms with van der Waals surface area (Å²) in [7, 11) is 1.88. The molecular formula is C11H17Cl2N3. The fourth-order valence-corrected chi connectivity index (χ4v) is 2.44. The van der Waals surface area contributed by atoms with Crippen LogP contribution >= 0.6 is 23.2 Å². The first-order valence-electron chi connectivity index (χ1n) is 5.65. The molecule has 0 aromatic carbocycles. The van der Waals surface area contributed by atoms with Crippen molar-refractivity contribution in [1.29, 1.82) is 0 Å². The van der Waals surface area contributed by atoms with Crippen LogP contribution in [0.4, 0.5) is 0 Å². The van der Waals surface area contributed by atoms with E-state index < -0.39 is 0 Å². The summed E-state index contributed by atoms with van der Waals surface area (Å²) in [5.74, 6) is 0. The van der Waals surface area contributed by atoms with E-state index in [1.54, 1.807) is 0 Å². The second kappa shape index (κ2) is 4.55. The maximum Gasteiger partial charge on any atom is 0.204 e. The van der Waals surface area contributed by atoms with E-state index in [4.69, 9.17) is 23.2 Å². The van der Waals surface area contributed by atoms with E-state index in [0.717, 1.165) is 18.8 Å². The van der Waals surface area contributed by atoms with Gasteiger partial charge in [-0.15, -0.1) is 0 Å². The summed E-state index contributed by atoms with van der Waals surface area (Å²) in [6.07, 6.45) is 3.94. The van der Waals surface area contributed by atoms with Gasteiger partial charge in [0.25, 0.3) is 0 Å². The molecule has 1 saturated carbocycles. The first kappa shape index (κ1) is 12.2. The van der Waals surface area contributed by atoms with Crippen molar-refractivity contribution in [2.45, 2.75) is 32.7 Å². The number of hydrogen-bond donors (Lipinski definition) is 1. The van der Waals surface area contributed by atoms with Gasteiger partial charge < -0.3 is 9.88 Å². The van der Waals surface area contributed by atoms with Crippen LogP contribution in [0.3, 0.4) is 0 Å². The molecule has 5 heteroatoms. The molecule has 16 heavy (non-hydrogen) atoms. The maximum absolute atomic E-state index is 5.99. The average Bonchev–Trinajstić information content (AvgIpc) is 2.99. The predicted molar refractivity (Wildman–Crippen MR) is 66.9 cm³/mol. The van der Waals surface area contributed by atoms with Gasteiger partial charge in [-0.25, -0.2) is 4.98 Å². The second-order valence-electron chi connectivity index (χ2n) is 4.63. The fraction of sp³-hybridized carbons (Fsp3) is 0.727. The lowest BCUT2D eigenvalue weighted by molar-refractivity contribution is 0.440. The van der Waals surface area contributed by atoms with Gasteiger partial charge in [-0.1, -0.05) is 18.5 Å². The topological polar surface area (TPSA) is 29.9 Å². The lowest BCUT2D eigenvalue weighted by atomic mass is 10.0. The molecule has 1 aromatic rings. The SMILES string of the molecule is CCC1(CNCc2c(Cl)nc(Cl)n2C)CC1. The van der Waals surface area contributed by atoms with Gasteiger partial charge in [-0.05, 0) is 36.3 Å². The molecule has 1 heterocycles. The highest BCUT2D eigenvalue weighted by molar-refractivity contribution is 6.32. The Morgan fingerprint density at radius 3 is 2.56 bits per heavy atom. The summed E-state index contributed by atoms with van der Waals surface area (Å²) in [5.41, 5.74) is 1.51. The van der Waals surface area contributed by atoms with Crippen LogP contribution in [0.25, 0.3) is 0 Å². The van der Waals surface area contributed by atoms with Crippen LogP contribution in [0.15, 0.2) is 0 Å². The molecule has 1 fully saturated rings. The monoisotopic (exact) mass is 261 g/mol. The molecule has 2 rings (SSSR count). The standard InChI is InChI=1S/C11H17Cl2N3/c1-3-11(4-5-11)7-14-6-8-9(12)15-10(13)16(8)2/h14H,3-7H2,1-2H3. The van der Waals surface area contributed by atoms with E-state index in [2.05, 4.69) is 17.2 Å². The Hall–Kier alpha value is -0.250. The molecule has 3 nitrogen and oxygen atoms in total. The minimum atomic E-state index is 0.443. The third kappa shape index (κ3) is 2.36. The lowest BCUT2D eigenvalue weighted by Crippen LogP contribution is -2.24. The Morgan fingerprint density at radius 2 is 2.12 bits per heavy atom. The number of rotatable bonds is 5. The van der Waals surface area contributed by atoms with Crippen LogP contribution in [-0.4, -0.2) is 16.1 Å². The predicted octanol–water partition coefficient (Wildman–Crippen LogP) is 3.01. The van der Waals surface area contributed by atoms with E-state index in [9.17, 15) is 0 Å². The minimum Gasteiger partial charge on any atom is -0.319 e. The second-order valence-corrected chi connectivity index (χ2v) is 5.33. The zero-order chi connectivity index (χ0) is 11.8. The van der Waals surface area contributed by atoms with Crippen molar-refractivity contribution in [1.82, 2.24) is 14.9 Å². The molecule has 1 aliphatic rings. The van der Waals surface area contributed by atoms with Crippen LogP contribution in [-0.2, 0) is 13.6 Å². The highest BCUT2D eigenvalue weighted by Gasteiger charge is 2.39. The van der Waals surface area contributed by atoms with Gasteiger partial charge in [0.2, 0.25) is 5.28 Å². The molecule has 0 radical (unpaired) electrons. The summed E-state index contributed by atoms with van der Waals surface area (Å²) in [5, 5.41) is 4.39. The molecule has 0 saturated heterocycles. The number of nitrogens with zero attached hydrogens (tertiary/aromatic N) is 2. The Balaban J connectivity index is 1.90. The van der Waals surface area contributed by atoms with Crippen molar-refractivity contribution in [2.75, 3.05) is 6.54 Å². The van der Waals surface area contributed by atoms with Crippen LogP contribution in [0.5, 0.6) is 0 Å². The molecule has 1 aromatic heterocycles. The van der Waals surface area contributed by atoms with Crippen molar-refractivity contribution in [3.8, 4) is 0 Å². The summed E-state index contributed by atoms with van der Waals surface area (Å²) >= 11 is 11.9. The highest BCUT2D eigenvalue weighted by atomic mass is 35.5. The number of imidazole rings is 1. The molecule has 1 N–H and O–H groups in total. The van der Waals surface area contributed by atoms with E-state index in [1.165, 1.54) is 19.3 Å². The molecule has 0 amide bonds. The Labute approximate surface area is 106 Å². The first-order chi connectivity index (χ1) is 7.58. The largest absolute Gasteiger partial charge is 0.319 e. The molecule has 0 bridgehead atoms. The molecule has 0 spiro atoms. The third-order valence-corrected chi connectivity index (χ3v) is 4.25. The van der Waals surface area contributed by atoms with E-state index in [-0.39, 0.29) is 0 Å². The number of aromatic nitrogens is 2. The Bertz CT molecular complexity index is 383. The maximum atomic E-state index is 5.99. The van der Waals surface area contributed by atoms with Crippen LogP contribution in [0, 0.1) is 5.41 Å². The molecular weight excluding hydrogens is 245 g/mol. The van der Waals surface area contributed by atoms with E-state index in [1.807, 2.05) is 11.6 Å². The summed E-state index contributed by atoms with van der Waals surface area (Å²) < 4.78 is 1.82. The Kier molecular flexibility index (Phi) is 3.48. The molecule has 0 atom stereocenters.